The Kier molecular flexibility index (Phi) is 4.31. The van der Waals surface area contributed by atoms with Gasteiger partial charge in [0.2, 0.25) is 0 Å². The Bertz CT molecular complexity index is 659. The lowest BCUT2D eigenvalue weighted by atomic mass is 10.2. The largest absolute Gasteiger partial charge is 0.506 e. The van der Waals surface area contributed by atoms with Crippen LogP contribution < -0.4 is 4.74 Å². The summed E-state index contributed by atoms with van der Waals surface area (Å²) < 4.78 is 10.4. The number of benzene rings is 1. The highest BCUT2D eigenvalue weighted by Gasteiger charge is 2.23. The number of carbonyl (C=O) groups excluding carboxylic acids is 1. The summed E-state index contributed by atoms with van der Waals surface area (Å²) >= 11 is 1.30. The molecule has 0 bridgehead atoms. The molecule has 6 heteroatoms. The van der Waals surface area contributed by atoms with Gasteiger partial charge in [0.05, 0.1) is 20.3 Å². The van der Waals surface area contributed by atoms with Crippen molar-refractivity contribution < 1.29 is 19.4 Å². The fourth-order valence-corrected chi connectivity index (χ4v) is 3.37. The molecule has 0 spiro atoms. The van der Waals surface area contributed by atoms with E-state index in [0.717, 1.165) is 16.2 Å². The Morgan fingerprint density at radius 1 is 1.27 bits per heavy atom. The maximum Gasteiger partial charge on any atom is 0.267 e. The van der Waals surface area contributed by atoms with Crippen LogP contribution in [0.15, 0.2) is 30.3 Å². The number of carbonyl (C=O) groups is 1. The van der Waals surface area contributed by atoms with Crippen molar-refractivity contribution in [3.63, 3.8) is 0 Å². The topological polar surface area (TPSA) is 59.0 Å². The van der Waals surface area contributed by atoms with E-state index in [1.165, 1.54) is 11.3 Å². The van der Waals surface area contributed by atoms with E-state index >= 15 is 0 Å². The van der Waals surface area contributed by atoms with Crippen molar-refractivity contribution in [2.75, 3.05) is 33.4 Å². The fourth-order valence-electron chi connectivity index (χ4n) is 2.34. The summed E-state index contributed by atoms with van der Waals surface area (Å²) in [5.74, 6) is 0.673. The molecule has 0 aliphatic carbocycles. The number of rotatable bonds is 3. The second-order valence-corrected chi connectivity index (χ2v) is 6.01. The molecular weight excluding hydrogens is 302 g/mol. The van der Waals surface area contributed by atoms with Crippen molar-refractivity contribution >= 4 is 17.2 Å². The lowest BCUT2D eigenvalue weighted by molar-refractivity contribution is 0.0304. The predicted molar refractivity (Wildman–Crippen MR) is 84.7 cm³/mol. The number of nitrogens with zero attached hydrogens (tertiary/aromatic N) is 1. The minimum absolute atomic E-state index is 0.0345. The summed E-state index contributed by atoms with van der Waals surface area (Å²) in [6, 6.07) is 9.17. The number of amides is 1. The van der Waals surface area contributed by atoms with Gasteiger partial charge in [-0.1, -0.05) is 0 Å². The smallest absolute Gasteiger partial charge is 0.267 e. The molecule has 3 rings (SSSR count). The average Bonchev–Trinajstić information content (AvgIpc) is 2.97. The molecule has 1 amide bonds. The molecule has 5 nitrogen and oxygen atoms in total. The molecule has 2 heterocycles. The lowest BCUT2D eigenvalue weighted by Crippen LogP contribution is -2.40. The molecule has 1 aromatic carbocycles. The molecule has 2 aromatic rings. The first kappa shape index (κ1) is 14.9. The number of hydrogen-bond acceptors (Lipinski definition) is 5. The van der Waals surface area contributed by atoms with Crippen LogP contribution in [0, 0.1) is 0 Å². The summed E-state index contributed by atoms with van der Waals surface area (Å²) in [7, 11) is 1.62. The standard InChI is InChI=1S/C16H17NO4S/c1-20-12-4-2-11(3-5-12)14-10-13(18)15(22-14)16(19)17-6-8-21-9-7-17/h2-5,10,18H,6-9H2,1H3. The summed E-state index contributed by atoms with van der Waals surface area (Å²) in [6.45, 7) is 2.22. The maximum atomic E-state index is 12.5. The second-order valence-electron chi connectivity index (χ2n) is 4.96. The summed E-state index contributed by atoms with van der Waals surface area (Å²) in [6.07, 6.45) is 0. The van der Waals surface area contributed by atoms with Gasteiger partial charge in [-0.05, 0) is 35.9 Å². The van der Waals surface area contributed by atoms with E-state index in [0.29, 0.717) is 31.2 Å². The summed E-state index contributed by atoms with van der Waals surface area (Å²) in [5.41, 5.74) is 0.946. The minimum Gasteiger partial charge on any atom is -0.506 e. The van der Waals surface area contributed by atoms with E-state index in [4.69, 9.17) is 9.47 Å². The van der Waals surface area contributed by atoms with Crippen LogP contribution in [-0.4, -0.2) is 49.3 Å². The number of ether oxygens (including phenoxy) is 2. The van der Waals surface area contributed by atoms with Crippen LogP contribution in [0.2, 0.25) is 0 Å². The lowest BCUT2D eigenvalue weighted by Gasteiger charge is -2.26. The molecule has 1 aromatic heterocycles. The fraction of sp³-hybridized carbons (Fsp3) is 0.312. The van der Waals surface area contributed by atoms with Gasteiger partial charge in [0, 0.05) is 18.0 Å². The van der Waals surface area contributed by atoms with Crippen LogP contribution in [0.5, 0.6) is 11.5 Å². The second kappa shape index (κ2) is 6.37. The van der Waals surface area contributed by atoms with Crippen LogP contribution in [0.3, 0.4) is 0 Å². The van der Waals surface area contributed by atoms with Crippen molar-refractivity contribution in [2.24, 2.45) is 0 Å². The molecule has 116 valence electrons. The number of aromatic hydroxyl groups is 1. The third-order valence-corrected chi connectivity index (χ3v) is 4.74. The van der Waals surface area contributed by atoms with E-state index < -0.39 is 0 Å². The van der Waals surface area contributed by atoms with Crippen molar-refractivity contribution in [1.82, 2.24) is 4.90 Å². The molecule has 1 aliphatic heterocycles. The Morgan fingerprint density at radius 2 is 1.95 bits per heavy atom. The highest BCUT2D eigenvalue weighted by Crippen LogP contribution is 2.36. The third-order valence-electron chi connectivity index (χ3n) is 3.58. The Labute approximate surface area is 132 Å². The van der Waals surface area contributed by atoms with Gasteiger partial charge in [-0.25, -0.2) is 0 Å². The zero-order valence-corrected chi connectivity index (χ0v) is 13.1. The van der Waals surface area contributed by atoms with Gasteiger partial charge >= 0.3 is 0 Å². The van der Waals surface area contributed by atoms with Gasteiger partial charge < -0.3 is 19.5 Å². The normalized spacial score (nSPS) is 14.9. The van der Waals surface area contributed by atoms with Crippen molar-refractivity contribution in [3.05, 3.63) is 35.2 Å². The van der Waals surface area contributed by atoms with Crippen molar-refractivity contribution in [1.29, 1.82) is 0 Å². The van der Waals surface area contributed by atoms with Crippen LogP contribution in [0.25, 0.3) is 10.4 Å². The van der Waals surface area contributed by atoms with E-state index in [1.807, 2.05) is 24.3 Å². The van der Waals surface area contributed by atoms with Crippen molar-refractivity contribution in [3.8, 4) is 21.9 Å². The van der Waals surface area contributed by atoms with Crippen LogP contribution in [0.1, 0.15) is 9.67 Å². The summed E-state index contributed by atoms with van der Waals surface area (Å²) in [5, 5.41) is 10.1. The Balaban J connectivity index is 1.84. The zero-order chi connectivity index (χ0) is 15.5. The van der Waals surface area contributed by atoms with E-state index in [2.05, 4.69) is 0 Å². The molecule has 1 saturated heterocycles. The molecule has 22 heavy (non-hydrogen) atoms. The molecule has 0 saturated carbocycles. The molecule has 0 atom stereocenters. The maximum absolute atomic E-state index is 12.5. The highest BCUT2D eigenvalue weighted by atomic mass is 32.1. The van der Waals surface area contributed by atoms with Gasteiger partial charge in [0.25, 0.3) is 5.91 Å². The molecule has 0 radical (unpaired) electrons. The van der Waals surface area contributed by atoms with Gasteiger partial charge in [0.15, 0.2) is 0 Å². The van der Waals surface area contributed by atoms with Crippen molar-refractivity contribution in [2.45, 2.75) is 0 Å². The van der Waals surface area contributed by atoms with Crippen LogP contribution in [-0.2, 0) is 4.74 Å². The monoisotopic (exact) mass is 319 g/mol. The molecular formula is C16H17NO4S. The summed E-state index contributed by atoms with van der Waals surface area (Å²) in [4.78, 5) is 15.4. The van der Waals surface area contributed by atoms with Gasteiger partial charge in [-0.3, -0.25) is 4.79 Å². The SMILES string of the molecule is COc1ccc(-c2cc(O)c(C(=O)N3CCOCC3)s2)cc1. The van der Waals surface area contributed by atoms with Crippen LogP contribution >= 0.6 is 11.3 Å². The first-order chi connectivity index (χ1) is 10.7. The van der Waals surface area contributed by atoms with Gasteiger partial charge in [-0.2, -0.15) is 0 Å². The number of thiophene rings is 1. The first-order valence-electron chi connectivity index (χ1n) is 7.03. The molecule has 1 fully saturated rings. The van der Waals surface area contributed by atoms with Gasteiger partial charge in [-0.15, -0.1) is 11.3 Å². The third kappa shape index (κ3) is 2.93. The average molecular weight is 319 g/mol. The quantitative estimate of drug-likeness (QED) is 0.945. The molecule has 0 unspecified atom stereocenters. The molecule has 1 aliphatic rings. The highest BCUT2D eigenvalue weighted by molar-refractivity contribution is 7.17. The van der Waals surface area contributed by atoms with E-state index in [9.17, 15) is 9.90 Å². The number of hydrogen-bond donors (Lipinski definition) is 1. The Morgan fingerprint density at radius 3 is 2.59 bits per heavy atom. The number of methoxy groups -OCH3 is 1. The van der Waals surface area contributed by atoms with E-state index in [1.54, 1.807) is 18.1 Å². The Hall–Kier alpha value is -2.05. The van der Waals surface area contributed by atoms with Gasteiger partial charge in [0.1, 0.15) is 16.4 Å². The minimum atomic E-state index is -0.134. The first-order valence-corrected chi connectivity index (χ1v) is 7.85. The molecule has 1 N–H and O–H groups in total. The van der Waals surface area contributed by atoms with E-state index in [-0.39, 0.29) is 11.7 Å². The number of morpholine rings is 1. The van der Waals surface area contributed by atoms with Crippen LogP contribution in [0.4, 0.5) is 0 Å². The zero-order valence-electron chi connectivity index (χ0n) is 12.2. The predicted octanol–water partition coefficient (Wildman–Crippen LogP) is 2.60.